The number of rotatable bonds is 6. The van der Waals surface area contributed by atoms with Gasteiger partial charge >= 0.3 is 0 Å². The average Bonchev–Trinajstić information content (AvgIpc) is 3.31. The Bertz CT molecular complexity index is 1160. The van der Waals surface area contributed by atoms with E-state index in [0.717, 1.165) is 61.1 Å². The van der Waals surface area contributed by atoms with Crippen LogP contribution in [0.4, 0.5) is 5.69 Å². The number of anilines is 1. The van der Waals surface area contributed by atoms with Crippen LogP contribution >= 0.6 is 0 Å². The molecule has 0 unspecified atom stereocenters. The topological polar surface area (TPSA) is 71.8 Å². The Morgan fingerprint density at radius 2 is 1.84 bits per heavy atom. The second-order valence-corrected chi connectivity index (χ2v) is 7.93. The summed E-state index contributed by atoms with van der Waals surface area (Å²) < 4.78 is 1.94. The van der Waals surface area contributed by atoms with Crippen molar-refractivity contribution >= 4 is 5.69 Å². The van der Waals surface area contributed by atoms with E-state index in [1.54, 1.807) is 6.20 Å². The van der Waals surface area contributed by atoms with Crippen molar-refractivity contribution in [2.75, 3.05) is 31.1 Å². The Hall–Kier alpha value is -3.58. The number of aromatic nitrogens is 5. The molecule has 7 nitrogen and oxygen atoms in total. The minimum absolute atomic E-state index is 0.694. The molecule has 1 aromatic carbocycles. The highest BCUT2D eigenvalue weighted by molar-refractivity contribution is 5.78. The molecule has 1 aliphatic heterocycles. The van der Waals surface area contributed by atoms with E-state index in [-0.39, 0.29) is 0 Å². The van der Waals surface area contributed by atoms with E-state index in [1.807, 2.05) is 35.3 Å². The summed E-state index contributed by atoms with van der Waals surface area (Å²) in [6, 6.07) is 14.7. The second kappa shape index (κ2) is 9.28. The van der Waals surface area contributed by atoms with Crippen molar-refractivity contribution in [2.24, 2.45) is 0 Å². The van der Waals surface area contributed by atoms with Gasteiger partial charge in [-0.2, -0.15) is 5.10 Å². The third-order valence-corrected chi connectivity index (χ3v) is 5.78. The van der Waals surface area contributed by atoms with E-state index in [0.29, 0.717) is 6.42 Å². The van der Waals surface area contributed by atoms with Crippen molar-refractivity contribution in [3.05, 3.63) is 78.6 Å². The van der Waals surface area contributed by atoms with Gasteiger partial charge in [-0.15, -0.1) is 0 Å². The van der Waals surface area contributed by atoms with E-state index >= 15 is 0 Å². The molecule has 4 heterocycles. The Kier molecular flexibility index (Phi) is 5.89. The molecule has 1 N–H and O–H groups in total. The number of benzene rings is 1. The smallest absolute Gasteiger partial charge is 0.133 e. The lowest BCUT2D eigenvalue weighted by Crippen LogP contribution is -2.43. The summed E-state index contributed by atoms with van der Waals surface area (Å²) in [5.74, 6) is 0.804. The molecule has 0 atom stereocenters. The van der Waals surface area contributed by atoms with Gasteiger partial charge in [-0.3, -0.25) is 9.67 Å². The molecular weight excluding hydrogens is 398 g/mol. The fraction of sp³-hybridized carbons (Fsp3) is 0.280. The average molecular weight is 426 g/mol. The zero-order valence-electron chi connectivity index (χ0n) is 18.3. The first kappa shape index (κ1) is 20.3. The van der Waals surface area contributed by atoms with Gasteiger partial charge in [-0.05, 0) is 42.8 Å². The van der Waals surface area contributed by atoms with Gasteiger partial charge in [0.05, 0.1) is 5.69 Å². The quantitative estimate of drug-likeness (QED) is 0.510. The molecule has 4 aromatic rings. The Labute approximate surface area is 188 Å². The maximum atomic E-state index is 4.88. The summed E-state index contributed by atoms with van der Waals surface area (Å²) >= 11 is 0. The van der Waals surface area contributed by atoms with E-state index in [4.69, 9.17) is 10.1 Å². The van der Waals surface area contributed by atoms with Gasteiger partial charge in [0.1, 0.15) is 11.5 Å². The molecule has 32 heavy (non-hydrogen) atoms. The number of hydrogen-bond acceptors (Lipinski definition) is 6. The lowest BCUT2D eigenvalue weighted by Gasteiger charge is -2.29. The van der Waals surface area contributed by atoms with Crippen molar-refractivity contribution in [3.63, 3.8) is 0 Å². The van der Waals surface area contributed by atoms with Crippen LogP contribution in [0.15, 0.2) is 67.3 Å². The highest BCUT2D eigenvalue weighted by Crippen LogP contribution is 2.29. The van der Waals surface area contributed by atoms with Crippen molar-refractivity contribution < 1.29 is 0 Å². The molecule has 0 saturated carbocycles. The van der Waals surface area contributed by atoms with E-state index in [1.165, 1.54) is 11.3 Å². The predicted octanol–water partition coefficient (Wildman–Crippen LogP) is 3.42. The molecule has 5 rings (SSSR count). The summed E-state index contributed by atoms with van der Waals surface area (Å²) in [5.41, 5.74) is 6.24. The van der Waals surface area contributed by atoms with Gasteiger partial charge in [0, 0.05) is 80.7 Å². The van der Waals surface area contributed by atoms with Gasteiger partial charge in [0.2, 0.25) is 0 Å². The number of nitrogens with one attached hydrogen (secondary N) is 1. The molecule has 3 aromatic heterocycles. The van der Waals surface area contributed by atoms with Gasteiger partial charge in [-0.1, -0.05) is 12.1 Å². The van der Waals surface area contributed by atoms with Crippen LogP contribution in [0.2, 0.25) is 0 Å². The highest BCUT2D eigenvalue weighted by atomic mass is 15.3. The number of hydrogen-bond donors (Lipinski definition) is 1. The Morgan fingerprint density at radius 1 is 1.00 bits per heavy atom. The van der Waals surface area contributed by atoms with E-state index < -0.39 is 0 Å². The first-order valence-electron chi connectivity index (χ1n) is 11.1. The Balaban J connectivity index is 1.39. The first-order valence-corrected chi connectivity index (χ1v) is 11.1. The predicted molar refractivity (Wildman–Crippen MR) is 126 cm³/mol. The van der Waals surface area contributed by atoms with Crippen molar-refractivity contribution in [1.82, 2.24) is 30.0 Å². The fourth-order valence-electron chi connectivity index (χ4n) is 4.05. The number of pyridine rings is 1. The zero-order chi connectivity index (χ0) is 21.8. The van der Waals surface area contributed by atoms with E-state index in [2.05, 4.69) is 57.6 Å². The molecule has 7 heteroatoms. The van der Waals surface area contributed by atoms with Crippen LogP contribution in [-0.2, 0) is 13.0 Å². The SMILES string of the molecule is CCn1cc(-c2ccnc(Cc3ccc(N4CCNCC4)cc3)n2)c(-c2cccnc2)n1. The molecule has 0 aliphatic carbocycles. The van der Waals surface area contributed by atoms with Gasteiger partial charge in [0.15, 0.2) is 0 Å². The van der Waals surface area contributed by atoms with Crippen LogP contribution in [0, 0.1) is 0 Å². The number of aryl methyl sites for hydroxylation is 1. The lowest BCUT2D eigenvalue weighted by molar-refractivity contribution is 0.589. The molecule has 1 saturated heterocycles. The largest absolute Gasteiger partial charge is 0.369 e. The molecule has 0 radical (unpaired) electrons. The molecule has 0 amide bonds. The molecule has 162 valence electrons. The van der Waals surface area contributed by atoms with Crippen LogP contribution < -0.4 is 10.2 Å². The van der Waals surface area contributed by atoms with E-state index in [9.17, 15) is 0 Å². The minimum atomic E-state index is 0.694. The minimum Gasteiger partial charge on any atom is -0.369 e. The van der Waals surface area contributed by atoms with Gasteiger partial charge in [0.25, 0.3) is 0 Å². The molecule has 1 fully saturated rings. The third-order valence-electron chi connectivity index (χ3n) is 5.78. The lowest BCUT2D eigenvalue weighted by atomic mass is 10.1. The maximum absolute atomic E-state index is 4.88. The van der Waals surface area contributed by atoms with Crippen LogP contribution in [0.5, 0.6) is 0 Å². The number of nitrogens with zero attached hydrogens (tertiary/aromatic N) is 6. The van der Waals surface area contributed by atoms with Gasteiger partial charge in [-0.25, -0.2) is 9.97 Å². The van der Waals surface area contributed by atoms with Crippen LogP contribution in [0.3, 0.4) is 0 Å². The summed E-state index contributed by atoms with van der Waals surface area (Å²) in [5, 5.41) is 8.15. The monoisotopic (exact) mass is 425 g/mol. The molecule has 0 bridgehead atoms. The van der Waals surface area contributed by atoms with Crippen LogP contribution in [-0.4, -0.2) is 50.9 Å². The third kappa shape index (κ3) is 4.38. The van der Waals surface area contributed by atoms with Crippen LogP contribution in [0.25, 0.3) is 22.5 Å². The summed E-state index contributed by atoms with van der Waals surface area (Å²) in [6.45, 7) is 7.06. The number of piperazine rings is 1. The highest BCUT2D eigenvalue weighted by Gasteiger charge is 2.15. The fourth-order valence-corrected chi connectivity index (χ4v) is 4.05. The standard InChI is InChI=1S/C25H27N7/c1-2-32-18-22(25(30-32)20-4-3-10-27-17-20)23-9-11-28-24(29-23)16-19-5-7-21(8-6-19)31-14-12-26-13-15-31/h3-11,17-18,26H,2,12-16H2,1H3. The van der Waals surface area contributed by atoms with Crippen molar-refractivity contribution in [2.45, 2.75) is 19.9 Å². The summed E-state index contributed by atoms with van der Waals surface area (Å²) in [6.07, 6.45) is 8.20. The summed E-state index contributed by atoms with van der Waals surface area (Å²) in [4.78, 5) is 16.1. The van der Waals surface area contributed by atoms with Crippen molar-refractivity contribution in [3.8, 4) is 22.5 Å². The molecule has 0 spiro atoms. The Morgan fingerprint density at radius 3 is 2.59 bits per heavy atom. The van der Waals surface area contributed by atoms with Crippen molar-refractivity contribution in [1.29, 1.82) is 0 Å². The maximum Gasteiger partial charge on any atom is 0.133 e. The normalized spacial score (nSPS) is 14.0. The second-order valence-electron chi connectivity index (χ2n) is 7.93. The summed E-state index contributed by atoms with van der Waals surface area (Å²) in [7, 11) is 0. The zero-order valence-corrected chi connectivity index (χ0v) is 18.3. The van der Waals surface area contributed by atoms with Gasteiger partial charge < -0.3 is 10.2 Å². The first-order chi connectivity index (χ1) is 15.8. The molecular formula is C25H27N7. The molecule has 1 aliphatic rings. The van der Waals surface area contributed by atoms with Crippen LogP contribution in [0.1, 0.15) is 18.3 Å².